The molecule has 1 aromatic heterocycles. The summed E-state index contributed by atoms with van der Waals surface area (Å²) in [6.45, 7) is 3.85. The molecule has 3 atom stereocenters. The standard InChI is InChI=1S/C24H33N3O4/c1-17-26-20(15-31-17)23(30)25-16-24(18-5-3-2-4-6-18)11-7-21(22(29)8-12-24)27-13-9-19(28)10-14-27/h2-6,15,19,21-22,28-29H,7-14,16H2,1H3,(H,25,30)/t21-,22-,24-/m0/s1. The third kappa shape index (κ3) is 5.00. The van der Waals surface area contributed by atoms with E-state index in [4.69, 9.17) is 4.42 Å². The molecule has 0 bridgehead atoms. The third-order valence-corrected chi connectivity index (χ3v) is 7.07. The van der Waals surface area contributed by atoms with Gasteiger partial charge in [0.2, 0.25) is 0 Å². The average Bonchev–Trinajstić information content (AvgIpc) is 3.15. The van der Waals surface area contributed by atoms with Crippen molar-refractivity contribution in [3.8, 4) is 0 Å². The number of amides is 1. The van der Waals surface area contributed by atoms with Crippen molar-refractivity contribution in [1.29, 1.82) is 0 Å². The van der Waals surface area contributed by atoms with E-state index in [2.05, 4.69) is 27.3 Å². The summed E-state index contributed by atoms with van der Waals surface area (Å²) in [5.41, 5.74) is 1.23. The fourth-order valence-corrected chi connectivity index (χ4v) is 5.17. The molecule has 1 aliphatic heterocycles. The molecule has 0 radical (unpaired) electrons. The van der Waals surface area contributed by atoms with Crippen LogP contribution in [0.25, 0.3) is 0 Å². The van der Waals surface area contributed by atoms with Gasteiger partial charge in [0.05, 0.1) is 12.2 Å². The lowest BCUT2D eigenvalue weighted by Crippen LogP contribution is -2.48. The molecule has 7 heteroatoms. The number of carbonyl (C=O) groups is 1. The Bertz CT molecular complexity index is 863. The van der Waals surface area contributed by atoms with E-state index in [0.717, 1.165) is 45.2 Å². The zero-order chi connectivity index (χ0) is 21.8. The zero-order valence-electron chi connectivity index (χ0n) is 18.2. The van der Waals surface area contributed by atoms with Crippen LogP contribution in [0.5, 0.6) is 0 Å². The van der Waals surface area contributed by atoms with Crippen molar-refractivity contribution in [3.63, 3.8) is 0 Å². The average molecular weight is 428 g/mol. The van der Waals surface area contributed by atoms with Crippen LogP contribution in [0.4, 0.5) is 0 Å². The van der Waals surface area contributed by atoms with Gasteiger partial charge in [0.15, 0.2) is 11.6 Å². The monoisotopic (exact) mass is 427 g/mol. The molecule has 3 N–H and O–H groups in total. The Hall–Kier alpha value is -2.22. The molecule has 2 aromatic rings. The second kappa shape index (κ2) is 9.51. The van der Waals surface area contributed by atoms with Gasteiger partial charge in [-0.1, -0.05) is 30.3 Å². The summed E-state index contributed by atoms with van der Waals surface area (Å²) in [5, 5.41) is 23.9. The lowest BCUT2D eigenvalue weighted by Gasteiger charge is -2.38. The summed E-state index contributed by atoms with van der Waals surface area (Å²) in [7, 11) is 0. The van der Waals surface area contributed by atoms with Crippen molar-refractivity contribution >= 4 is 5.91 Å². The molecule has 2 aliphatic rings. The summed E-state index contributed by atoms with van der Waals surface area (Å²) < 4.78 is 5.18. The first-order valence-corrected chi connectivity index (χ1v) is 11.3. The number of aryl methyl sites for hydroxylation is 1. The molecule has 0 unspecified atom stereocenters. The number of hydrogen-bond acceptors (Lipinski definition) is 6. The van der Waals surface area contributed by atoms with Gasteiger partial charge in [-0.15, -0.1) is 0 Å². The summed E-state index contributed by atoms with van der Waals surface area (Å²) in [6.07, 6.45) is 5.48. The molecule has 7 nitrogen and oxygen atoms in total. The van der Waals surface area contributed by atoms with Crippen LogP contribution in [0.3, 0.4) is 0 Å². The second-order valence-electron chi connectivity index (χ2n) is 9.06. The van der Waals surface area contributed by atoms with Crippen molar-refractivity contribution < 1.29 is 19.4 Å². The number of aromatic nitrogens is 1. The number of carbonyl (C=O) groups excluding carboxylic acids is 1. The highest BCUT2D eigenvalue weighted by Crippen LogP contribution is 2.39. The SMILES string of the molecule is Cc1nc(C(=O)NC[C@@]2(c3ccccc3)CC[C@H](O)[C@@H](N3CCC(O)CC3)CC2)co1. The van der Waals surface area contributed by atoms with Crippen molar-refractivity contribution in [3.05, 3.63) is 53.7 Å². The number of piperidine rings is 1. The Labute approximate surface area is 183 Å². The van der Waals surface area contributed by atoms with Gasteiger partial charge in [0.1, 0.15) is 6.26 Å². The number of benzene rings is 1. The molecule has 168 valence electrons. The van der Waals surface area contributed by atoms with Crippen LogP contribution < -0.4 is 5.32 Å². The van der Waals surface area contributed by atoms with E-state index in [-0.39, 0.29) is 23.5 Å². The predicted molar refractivity (Wildman–Crippen MR) is 117 cm³/mol. The van der Waals surface area contributed by atoms with Crippen LogP contribution in [-0.2, 0) is 5.41 Å². The molecular formula is C24H33N3O4. The Morgan fingerprint density at radius 2 is 1.87 bits per heavy atom. The Morgan fingerprint density at radius 1 is 1.16 bits per heavy atom. The van der Waals surface area contributed by atoms with Crippen LogP contribution in [0.15, 0.2) is 41.0 Å². The minimum absolute atomic E-state index is 0.0898. The molecule has 2 fully saturated rings. The van der Waals surface area contributed by atoms with Gasteiger partial charge < -0.3 is 19.9 Å². The Balaban J connectivity index is 1.52. The first-order valence-electron chi connectivity index (χ1n) is 11.3. The largest absolute Gasteiger partial charge is 0.448 e. The summed E-state index contributed by atoms with van der Waals surface area (Å²) in [5.74, 6) is 0.230. The Kier molecular flexibility index (Phi) is 6.74. The lowest BCUT2D eigenvalue weighted by atomic mass is 9.74. The minimum Gasteiger partial charge on any atom is -0.448 e. The molecule has 4 rings (SSSR count). The van der Waals surface area contributed by atoms with Crippen molar-refractivity contribution in [2.75, 3.05) is 19.6 Å². The highest BCUT2D eigenvalue weighted by molar-refractivity contribution is 5.91. The zero-order valence-corrected chi connectivity index (χ0v) is 18.2. The predicted octanol–water partition coefficient (Wildman–Crippen LogP) is 2.41. The van der Waals surface area contributed by atoms with Gasteiger partial charge in [-0.2, -0.15) is 0 Å². The van der Waals surface area contributed by atoms with Crippen molar-refractivity contribution in [1.82, 2.24) is 15.2 Å². The van der Waals surface area contributed by atoms with Gasteiger partial charge in [-0.3, -0.25) is 9.69 Å². The van der Waals surface area contributed by atoms with Crippen LogP contribution in [-0.4, -0.2) is 63.9 Å². The minimum atomic E-state index is -0.408. The lowest BCUT2D eigenvalue weighted by molar-refractivity contribution is 0.00482. The van der Waals surface area contributed by atoms with E-state index in [1.807, 2.05) is 18.2 Å². The number of likely N-dealkylation sites (tertiary alicyclic amines) is 1. The normalized spacial score (nSPS) is 28.2. The van der Waals surface area contributed by atoms with E-state index >= 15 is 0 Å². The molecule has 1 saturated carbocycles. The van der Waals surface area contributed by atoms with E-state index in [0.29, 0.717) is 24.6 Å². The molecule has 31 heavy (non-hydrogen) atoms. The highest BCUT2D eigenvalue weighted by Gasteiger charge is 2.40. The number of rotatable bonds is 5. The molecule has 1 aliphatic carbocycles. The van der Waals surface area contributed by atoms with Crippen LogP contribution >= 0.6 is 0 Å². The maximum Gasteiger partial charge on any atom is 0.273 e. The quantitative estimate of drug-likeness (QED) is 0.634. The number of hydrogen-bond donors (Lipinski definition) is 3. The molecule has 1 amide bonds. The maximum absolute atomic E-state index is 12.7. The number of aliphatic hydroxyl groups excluding tert-OH is 2. The topological polar surface area (TPSA) is 98.8 Å². The number of nitrogens with one attached hydrogen (secondary N) is 1. The number of aliphatic hydroxyl groups is 2. The summed E-state index contributed by atoms with van der Waals surface area (Å²) in [6, 6.07) is 10.4. The first kappa shape index (κ1) is 22.0. The Morgan fingerprint density at radius 3 is 2.55 bits per heavy atom. The first-order chi connectivity index (χ1) is 15.0. The van der Waals surface area contributed by atoms with E-state index < -0.39 is 6.10 Å². The van der Waals surface area contributed by atoms with Crippen LogP contribution in [0.2, 0.25) is 0 Å². The summed E-state index contributed by atoms with van der Waals surface area (Å²) >= 11 is 0. The maximum atomic E-state index is 12.7. The fraction of sp³-hybridized carbons (Fsp3) is 0.583. The molecule has 1 aromatic carbocycles. The molecule has 0 spiro atoms. The third-order valence-electron chi connectivity index (χ3n) is 7.07. The van der Waals surface area contributed by atoms with E-state index in [9.17, 15) is 15.0 Å². The van der Waals surface area contributed by atoms with Gasteiger partial charge in [0.25, 0.3) is 5.91 Å². The highest BCUT2D eigenvalue weighted by atomic mass is 16.3. The van der Waals surface area contributed by atoms with Gasteiger partial charge >= 0.3 is 0 Å². The van der Waals surface area contributed by atoms with Crippen molar-refractivity contribution in [2.24, 2.45) is 0 Å². The molecule has 1 saturated heterocycles. The van der Waals surface area contributed by atoms with Crippen LogP contribution in [0, 0.1) is 6.92 Å². The van der Waals surface area contributed by atoms with Gasteiger partial charge in [-0.25, -0.2) is 4.98 Å². The van der Waals surface area contributed by atoms with Crippen LogP contribution in [0.1, 0.15) is 60.5 Å². The summed E-state index contributed by atoms with van der Waals surface area (Å²) in [4.78, 5) is 19.1. The van der Waals surface area contributed by atoms with Gasteiger partial charge in [0, 0.05) is 38.0 Å². The fourth-order valence-electron chi connectivity index (χ4n) is 5.17. The molecular weight excluding hydrogens is 394 g/mol. The smallest absolute Gasteiger partial charge is 0.273 e. The number of oxazole rings is 1. The van der Waals surface area contributed by atoms with E-state index in [1.54, 1.807) is 6.92 Å². The number of nitrogens with zero attached hydrogens (tertiary/aromatic N) is 2. The van der Waals surface area contributed by atoms with Crippen molar-refractivity contribution in [2.45, 2.75) is 69.1 Å². The second-order valence-corrected chi connectivity index (χ2v) is 9.06. The molecule has 2 heterocycles. The van der Waals surface area contributed by atoms with E-state index in [1.165, 1.54) is 11.8 Å². The van der Waals surface area contributed by atoms with Gasteiger partial charge in [-0.05, 0) is 44.1 Å².